The van der Waals surface area contributed by atoms with Gasteiger partial charge in [0, 0.05) is 0 Å². The van der Waals surface area contributed by atoms with Crippen molar-refractivity contribution in [3.8, 4) is 0 Å². The van der Waals surface area contributed by atoms with Crippen LogP contribution in [0.25, 0.3) is 0 Å². The molecule has 1 aliphatic rings. The molecule has 0 spiro atoms. The Morgan fingerprint density at radius 3 is 2.60 bits per heavy atom. The molecule has 0 bridgehead atoms. The highest BCUT2D eigenvalue weighted by atomic mass is 16.3. The first-order chi connectivity index (χ1) is 7.28. The number of rotatable bonds is 3. The lowest BCUT2D eigenvalue weighted by molar-refractivity contribution is 0.172. The number of hydrogen-bond acceptors (Lipinski definition) is 3. The van der Waals surface area contributed by atoms with Crippen LogP contribution in [-0.2, 0) is 13.1 Å². The molecule has 0 aliphatic carbocycles. The van der Waals surface area contributed by atoms with Crippen molar-refractivity contribution in [2.24, 2.45) is 11.7 Å². The zero-order valence-electron chi connectivity index (χ0n) is 9.41. The molecule has 3 heteroatoms. The van der Waals surface area contributed by atoms with Gasteiger partial charge in [-0.1, -0.05) is 6.92 Å². The second kappa shape index (κ2) is 4.81. The van der Waals surface area contributed by atoms with E-state index in [2.05, 4.69) is 11.8 Å². The SMILES string of the molecule is CC1CCN(Cc2ccc(CN)o2)CC1. The van der Waals surface area contributed by atoms with Crippen LogP contribution in [0.4, 0.5) is 0 Å². The Balaban J connectivity index is 1.86. The van der Waals surface area contributed by atoms with E-state index < -0.39 is 0 Å². The van der Waals surface area contributed by atoms with Crippen LogP contribution >= 0.6 is 0 Å². The summed E-state index contributed by atoms with van der Waals surface area (Å²) in [7, 11) is 0. The van der Waals surface area contributed by atoms with Gasteiger partial charge < -0.3 is 10.2 Å². The summed E-state index contributed by atoms with van der Waals surface area (Å²) in [5.74, 6) is 2.82. The minimum Gasteiger partial charge on any atom is -0.463 e. The number of piperidine rings is 1. The average Bonchev–Trinajstić information content (AvgIpc) is 2.69. The molecule has 0 aromatic carbocycles. The minimum atomic E-state index is 0.497. The van der Waals surface area contributed by atoms with Gasteiger partial charge in [-0.2, -0.15) is 0 Å². The fourth-order valence-corrected chi connectivity index (χ4v) is 2.06. The van der Waals surface area contributed by atoms with Crippen LogP contribution in [0.15, 0.2) is 16.5 Å². The van der Waals surface area contributed by atoms with E-state index in [1.807, 2.05) is 12.1 Å². The van der Waals surface area contributed by atoms with Crippen LogP contribution in [0, 0.1) is 5.92 Å². The first-order valence-electron chi connectivity index (χ1n) is 5.78. The van der Waals surface area contributed by atoms with Gasteiger partial charge in [-0.05, 0) is 44.0 Å². The van der Waals surface area contributed by atoms with E-state index in [1.165, 1.54) is 25.9 Å². The average molecular weight is 208 g/mol. The van der Waals surface area contributed by atoms with Crippen molar-refractivity contribution < 1.29 is 4.42 Å². The Kier molecular flexibility index (Phi) is 3.44. The van der Waals surface area contributed by atoms with E-state index >= 15 is 0 Å². The molecule has 1 fully saturated rings. The largest absolute Gasteiger partial charge is 0.463 e. The molecular formula is C12H20N2O. The Hall–Kier alpha value is -0.800. The van der Waals surface area contributed by atoms with Crippen LogP contribution < -0.4 is 5.73 Å². The summed E-state index contributed by atoms with van der Waals surface area (Å²) >= 11 is 0. The molecule has 84 valence electrons. The van der Waals surface area contributed by atoms with Crippen molar-refractivity contribution in [2.45, 2.75) is 32.9 Å². The summed E-state index contributed by atoms with van der Waals surface area (Å²) in [6.45, 7) is 6.15. The quantitative estimate of drug-likeness (QED) is 0.825. The second-order valence-electron chi connectivity index (χ2n) is 4.53. The van der Waals surface area contributed by atoms with E-state index in [-0.39, 0.29) is 0 Å². The van der Waals surface area contributed by atoms with Crippen LogP contribution in [-0.4, -0.2) is 18.0 Å². The van der Waals surface area contributed by atoms with Gasteiger partial charge in [0.25, 0.3) is 0 Å². The van der Waals surface area contributed by atoms with Gasteiger partial charge in [-0.15, -0.1) is 0 Å². The van der Waals surface area contributed by atoms with Gasteiger partial charge in [0.05, 0.1) is 13.1 Å². The molecule has 15 heavy (non-hydrogen) atoms. The zero-order chi connectivity index (χ0) is 10.7. The molecule has 1 aliphatic heterocycles. The maximum atomic E-state index is 5.60. The van der Waals surface area contributed by atoms with Crippen LogP contribution in [0.2, 0.25) is 0 Å². The second-order valence-corrected chi connectivity index (χ2v) is 4.53. The zero-order valence-corrected chi connectivity index (χ0v) is 9.41. The van der Waals surface area contributed by atoms with Gasteiger partial charge in [0.15, 0.2) is 0 Å². The van der Waals surface area contributed by atoms with Gasteiger partial charge in [-0.25, -0.2) is 0 Å². The first kappa shape index (κ1) is 10.7. The minimum absolute atomic E-state index is 0.497. The van der Waals surface area contributed by atoms with Crippen LogP contribution in [0.3, 0.4) is 0 Å². The van der Waals surface area contributed by atoms with E-state index in [9.17, 15) is 0 Å². The maximum absolute atomic E-state index is 5.60. The smallest absolute Gasteiger partial charge is 0.118 e. The molecule has 3 nitrogen and oxygen atoms in total. The number of hydrogen-bond donors (Lipinski definition) is 1. The maximum Gasteiger partial charge on any atom is 0.118 e. The van der Waals surface area contributed by atoms with Gasteiger partial charge in [0.2, 0.25) is 0 Å². The third-order valence-corrected chi connectivity index (χ3v) is 3.17. The number of furan rings is 1. The van der Waals surface area contributed by atoms with Crippen LogP contribution in [0.1, 0.15) is 31.3 Å². The third kappa shape index (κ3) is 2.83. The Morgan fingerprint density at radius 2 is 2.00 bits per heavy atom. The van der Waals surface area contributed by atoms with Gasteiger partial charge in [0.1, 0.15) is 11.5 Å². The van der Waals surface area contributed by atoms with Crippen molar-refractivity contribution >= 4 is 0 Å². The highest BCUT2D eigenvalue weighted by Gasteiger charge is 2.16. The summed E-state index contributed by atoms with van der Waals surface area (Å²) in [5, 5.41) is 0. The fraction of sp³-hybridized carbons (Fsp3) is 0.667. The third-order valence-electron chi connectivity index (χ3n) is 3.17. The molecule has 2 heterocycles. The lowest BCUT2D eigenvalue weighted by Gasteiger charge is -2.29. The lowest BCUT2D eigenvalue weighted by atomic mass is 9.99. The standard InChI is InChI=1S/C12H20N2O/c1-10-4-6-14(7-5-10)9-12-3-2-11(8-13)15-12/h2-3,10H,4-9,13H2,1H3. The van der Waals surface area contributed by atoms with Crippen molar-refractivity contribution in [3.63, 3.8) is 0 Å². The topological polar surface area (TPSA) is 42.4 Å². The molecular weight excluding hydrogens is 188 g/mol. The highest BCUT2D eigenvalue weighted by molar-refractivity contribution is 5.06. The monoisotopic (exact) mass is 208 g/mol. The number of likely N-dealkylation sites (tertiary alicyclic amines) is 1. The van der Waals surface area contributed by atoms with E-state index in [0.29, 0.717) is 6.54 Å². The molecule has 0 amide bonds. The van der Waals surface area contributed by atoms with E-state index in [4.69, 9.17) is 10.2 Å². The molecule has 0 radical (unpaired) electrons. The highest BCUT2D eigenvalue weighted by Crippen LogP contribution is 2.18. The summed E-state index contributed by atoms with van der Waals surface area (Å²) < 4.78 is 5.60. The van der Waals surface area contributed by atoms with Crippen molar-refractivity contribution in [2.75, 3.05) is 13.1 Å². The Labute approximate surface area is 91.2 Å². The normalized spacial score (nSPS) is 19.6. The molecule has 2 N–H and O–H groups in total. The predicted octanol–water partition coefficient (Wildman–Crippen LogP) is 1.97. The summed E-state index contributed by atoms with van der Waals surface area (Å²) in [6.07, 6.45) is 2.62. The lowest BCUT2D eigenvalue weighted by Crippen LogP contribution is -2.32. The van der Waals surface area contributed by atoms with Crippen LogP contribution in [0.5, 0.6) is 0 Å². The van der Waals surface area contributed by atoms with Gasteiger partial charge >= 0.3 is 0 Å². The Bertz CT molecular complexity index is 300. The molecule has 1 saturated heterocycles. The molecule has 0 saturated carbocycles. The van der Waals surface area contributed by atoms with E-state index in [0.717, 1.165) is 24.0 Å². The predicted molar refractivity (Wildman–Crippen MR) is 60.3 cm³/mol. The van der Waals surface area contributed by atoms with Gasteiger partial charge in [-0.3, -0.25) is 4.90 Å². The first-order valence-corrected chi connectivity index (χ1v) is 5.78. The molecule has 0 atom stereocenters. The van der Waals surface area contributed by atoms with E-state index in [1.54, 1.807) is 0 Å². The number of nitrogens with zero attached hydrogens (tertiary/aromatic N) is 1. The Morgan fingerprint density at radius 1 is 1.33 bits per heavy atom. The van der Waals surface area contributed by atoms with Crippen molar-refractivity contribution in [1.82, 2.24) is 4.90 Å². The fourth-order valence-electron chi connectivity index (χ4n) is 2.06. The summed E-state index contributed by atoms with van der Waals surface area (Å²) in [4.78, 5) is 2.46. The van der Waals surface area contributed by atoms with Crippen molar-refractivity contribution in [3.05, 3.63) is 23.7 Å². The molecule has 1 aromatic heterocycles. The molecule has 0 unspecified atom stereocenters. The number of nitrogens with two attached hydrogens (primary N) is 1. The summed E-state index contributed by atoms with van der Waals surface area (Å²) in [5.41, 5.74) is 5.51. The summed E-state index contributed by atoms with van der Waals surface area (Å²) in [6, 6.07) is 4.02. The van der Waals surface area contributed by atoms with Crippen molar-refractivity contribution in [1.29, 1.82) is 0 Å². The molecule has 2 rings (SSSR count). The molecule has 1 aromatic rings.